The Kier molecular flexibility index (Phi) is 4.69. The van der Waals surface area contributed by atoms with Crippen molar-refractivity contribution in [3.8, 4) is 0 Å². The van der Waals surface area contributed by atoms with Crippen molar-refractivity contribution in [1.82, 2.24) is 15.2 Å². The van der Waals surface area contributed by atoms with Gasteiger partial charge in [0.2, 0.25) is 5.91 Å². The predicted octanol–water partition coefficient (Wildman–Crippen LogP) is 0.226. The van der Waals surface area contributed by atoms with Crippen LogP contribution in [0.2, 0.25) is 0 Å². The molecular weight excluding hydrogens is 270 g/mol. The first-order chi connectivity index (χ1) is 9.20. The average molecular weight is 285 g/mol. The van der Waals surface area contributed by atoms with Gasteiger partial charge in [-0.2, -0.15) is 0 Å². The van der Waals surface area contributed by atoms with Crippen LogP contribution in [-0.2, 0) is 20.8 Å². The number of nitrogens with zero attached hydrogens (tertiary/aromatic N) is 2. The highest BCUT2D eigenvalue weighted by atomic mass is 32.1. The van der Waals surface area contributed by atoms with E-state index in [0.29, 0.717) is 19.7 Å². The lowest BCUT2D eigenvalue weighted by Crippen LogP contribution is -2.46. The van der Waals surface area contributed by atoms with Gasteiger partial charge in [0.1, 0.15) is 17.7 Å². The van der Waals surface area contributed by atoms with E-state index in [-0.39, 0.29) is 12.5 Å². The summed E-state index contributed by atoms with van der Waals surface area (Å²) in [6, 6.07) is -0.621. The van der Waals surface area contributed by atoms with Crippen molar-refractivity contribution < 1.29 is 19.1 Å². The van der Waals surface area contributed by atoms with Crippen molar-refractivity contribution in [2.45, 2.75) is 12.6 Å². The van der Waals surface area contributed by atoms with E-state index in [9.17, 15) is 9.59 Å². The summed E-state index contributed by atoms with van der Waals surface area (Å²) in [4.78, 5) is 29.0. The van der Waals surface area contributed by atoms with Crippen LogP contribution >= 0.6 is 11.3 Å². The van der Waals surface area contributed by atoms with Crippen LogP contribution in [0.3, 0.4) is 0 Å². The number of ether oxygens (including phenoxy) is 2. The van der Waals surface area contributed by atoms with Gasteiger partial charge in [-0.15, -0.1) is 11.3 Å². The van der Waals surface area contributed by atoms with E-state index in [1.165, 1.54) is 11.3 Å². The number of aromatic nitrogens is 1. The van der Waals surface area contributed by atoms with Crippen LogP contribution in [0, 0.1) is 0 Å². The van der Waals surface area contributed by atoms with Gasteiger partial charge in [-0.1, -0.05) is 0 Å². The standard InChI is InChI=1S/C11H15N3O4S/c1-17-4-3-14(6-9-12-2-5-19-9)10(15)8-7-18-11(16)13-8/h2,5,8H,3-4,6-7H2,1H3,(H,13,16)/t8-/m0/s1. The molecule has 1 saturated heterocycles. The van der Waals surface area contributed by atoms with Crippen molar-refractivity contribution in [3.05, 3.63) is 16.6 Å². The first-order valence-electron chi connectivity index (χ1n) is 5.80. The first kappa shape index (κ1) is 13.8. The van der Waals surface area contributed by atoms with Gasteiger partial charge in [0.05, 0.1) is 13.2 Å². The van der Waals surface area contributed by atoms with Crippen molar-refractivity contribution in [1.29, 1.82) is 0 Å². The molecule has 1 atom stereocenters. The van der Waals surface area contributed by atoms with Crippen molar-refractivity contribution in [2.24, 2.45) is 0 Å². The van der Waals surface area contributed by atoms with Crippen LogP contribution in [-0.4, -0.2) is 54.8 Å². The molecule has 1 fully saturated rings. The number of carbonyl (C=O) groups is 2. The maximum Gasteiger partial charge on any atom is 0.407 e. The van der Waals surface area contributed by atoms with Gasteiger partial charge in [-0.05, 0) is 0 Å². The van der Waals surface area contributed by atoms with E-state index in [0.717, 1.165) is 5.01 Å². The Morgan fingerprint density at radius 2 is 2.58 bits per heavy atom. The Hall–Kier alpha value is -1.67. The van der Waals surface area contributed by atoms with Crippen LogP contribution in [0.4, 0.5) is 4.79 Å². The SMILES string of the molecule is COCCN(Cc1nccs1)C(=O)[C@@H]1COC(=O)N1. The molecule has 0 aliphatic carbocycles. The molecule has 0 saturated carbocycles. The Balaban J connectivity index is 1.99. The lowest BCUT2D eigenvalue weighted by atomic mass is 10.2. The molecule has 2 rings (SSSR count). The van der Waals surface area contributed by atoms with Crippen LogP contribution < -0.4 is 5.32 Å². The molecule has 1 aromatic heterocycles. The molecule has 1 aliphatic heterocycles. The summed E-state index contributed by atoms with van der Waals surface area (Å²) in [7, 11) is 1.58. The zero-order chi connectivity index (χ0) is 13.7. The van der Waals surface area contributed by atoms with Gasteiger partial charge in [0.25, 0.3) is 0 Å². The number of carbonyl (C=O) groups excluding carboxylic acids is 2. The highest BCUT2D eigenvalue weighted by Gasteiger charge is 2.32. The third kappa shape index (κ3) is 3.65. The second-order valence-corrected chi connectivity index (χ2v) is 4.95. The monoisotopic (exact) mass is 285 g/mol. The second-order valence-electron chi connectivity index (χ2n) is 3.97. The number of alkyl carbamates (subject to hydrolysis) is 1. The number of hydrogen-bond donors (Lipinski definition) is 1. The Bertz CT molecular complexity index is 437. The summed E-state index contributed by atoms with van der Waals surface area (Å²) in [6.07, 6.45) is 1.14. The molecule has 0 spiro atoms. The minimum atomic E-state index is -0.621. The molecule has 104 valence electrons. The molecule has 1 aromatic rings. The summed E-state index contributed by atoms with van der Waals surface area (Å²) < 4.78 is 9.73. The summed E-state index contributed by atoms with van der Waals surface area (Å²) in [5.74, 6) is -0.182. The zero-order valence-corrected chi connectivity index (χ0v) is 11.3. The number of thiazole rings is 1. The minimum absolute atomic E-state index is 0.0685. The van der Waals surface area contributed by atoms with E-state index in [1.807, 2.05) is 5.38 Å². The minimum Gasteiger partial charge on any atom is -0.447 e. The molecule has 0 radical (unpaired) electrons. The lowest BCUT2D eigenvalue weighted by molar-refractivity contribution is -0.134. The summed E-state index contributed by atoms with van der Waals surface area (Å²) >= 11 is 1.48. The number of methoxy groups -OCH3 is 1. The number of amides is 2. The highest BCUT2D eigenvalue weighted by molar-refractivity contribution is 7.09. The van der Waals surface area contributed by atoms with E-state index >= 15 is 0 Å². The maximum atomic E-state index is 12.3. The summed E-state index contributed by atoms with van der Waals surface area (Å²) in [6.45, 7) is 1.35. The molecule has 8 heteroatoms. The fourth-order valence-electron chi connectivity index (χ4n) is 1.70. The van der Waals surface area contributed by atoms with Crippen molar-refractivity contribution >= 4 is 23.3 Å². The van der Waals surface area contributed by atoms with Crippen molar-refractivity contribution in [3.63, 3.8) is 0 Å². The van der Waals surface area contributed by atoms with Gasteiger partial charge in [0, 0.05) is 25.2 Å². The molecule has 0 aromatic carbocycles. The number of nitrogens with one attached hydrogen (secondary N) is 1. The van der Waals surface area contributed by atoms with E-state index in [1.54, 1.807) is 18.2 Å². The molecular formula is C11H15N3O4S. The smallest absolute Gasteiger partial charge is 0.407 e. The Morgan fingerprint density at radius 1 is 1.74 bits per heavy atom. The molecule has 1 aliphatic rings. The molecule has 0 unspecified atom stereocenters. The third-order valence-electron chi connectivity index (χ3n) is 2.66. The van der Waals surface area contributed by atoms with Gasteiger partial charge < -0.3 is 19.7 Å². The quantitative estimate of drug-likeness (QED) is 0.809. The van der Waals surface area contributed by atoms with E-state index < -0.39 is 12.1 Å². The molecule has 7 nitrogen and oxygen atoms in total. The molecule has 2 heterocycles. The third-order valence-corrected chi connectivity index (χ3v) is 3.42. The summed E-state index contributed by atoms with van der Waals surface area (Å²) in [5.41, 5.74) is 0. The fraction of sp³-hybridized carbons (Fsp3) is 0.545. The number of rotatable bonds is 6. The molecule has 1 N–H and O–H groups in total. The maximum absolute atomic E-state index is 12.3. The average Bonchev–Trinajstić information content (AvgIpc) is 3.05. The van der Waals surface area contributed by atoms with E-state index in [4.69, 9.17) is 9.47 Å². The topological polar surface area (TPSA) is 80.8 Å². The van der Waals surface area contributed by atoms with Crippen LogP contribution in [0.25, 0.3) is 0 Å². The highest BCUT2D eigenvalue weighted by Crippen LogP contribution is 2.11. The number of cyclic esters (lactones) is 1. The van der Waals surface area contributed by atoms with Gasteiger partial charge in [-0.3, -0.25) is 4.79 Å². The fourth-order valence-corrected chi connectivity index (χ4v) is 2.33. The first-order valence-corrected chi connectivity index (χ1v) is 6.68. The molecule has 2 amide bonds. The molecule has 19 heavy (non-hydrogen) atoms. The van der Waals surface area contributed by atoms with Crippen LogP contribution in [0.15, 0.2) is 11.6 Å². The zero-order valence-electron chi connectivity index (χ0n) is 10.5. The van der Waals surface area contributed by atoms with Crippen LogP contribution in [0.1, 0.15) is 5.01 Å². The predicted molar refractivity (Wildman–Crippen MR) is 67.7 cm³/mol. The van der Waals surface area contributed by atoms with Gasteiger partial charge >= 0.3 is 6.09 Å². The Morgan fingerprint density at radius 3 is 3.16 bits per heavy atom. The van der Waals surface area contributed by atoms with Gasteiger partial charge in [0.15, 0.2) is 0 Å². The molecule has 0 bridgehead atoms. The second kappa shape index (κ2) is 6.48. The lowest BCUT2D eigenvalue weighted by Gasteiger charge is -2.23. The normalized spacial score (nSPS) is 17.9. The largest absolute Gasteiger partial charge is 0.447 e. The number of hydrogen-bond acceptors (Lipinski definition) is 6. The summed E-state index contributed by atoms with van der Waals surface area (Å²) in [5, 5.41) is 5.18. The van der Waals surface area contributed by atoms with E-state index in [2.05, 4.69) is 10.3 Å². The van der Waals surface area contributed by atoms with Crippen LogP contribution in [0.5, 0.6) is 0 Å². The van der Waals surface area contributed by atoms with Gasteiger partial charge in [-0.25, -0.2) is 9.78 Å². The van der Waals surface area contributed by atoms with Crippen molar-refractivity contribution in [2.75, 3.05) is 26.9 Å². The Labute approximate surface area is 114 Å².